The van der Waals surface area contributed by atoms with Gasteiger partial charge in [0, 0.05) is 0 Å². The monoisotopic (exact) mass is 162 g/mol. The summed E-state index contributed by atoms with van der Waals surface area (Å²) in [5.41, 5.74) is 0. The van der Waals surface area contributed by atoms with E-state index in [-0.39, 0.29) is 1.43 Å². The predicted molar refractivity (Wildman–Crippen MR) is 52.7 cm³/mol. The van der Waals surface area contributed by atoms with E-state index in [2.05, 4.69) is 37.3 Å². The van der Waals surface area contributed by atoms with Crippen LogP contribution < -0.4 is 4.43 Å². The van der Waals surface area contributed by atoms with E-state index < -0.39 is 0 Å². The minimum absolute atomic E-state index is 0. The molecule has 58 valence electrons. The molecule has 0 aliphatic heterocycles. The molecule has 0 radical (unpaired) electrons. The number of unbranched alkanes of at least 4 members (excludes halogenated alkanes) is 1. The average molecular weight is 162 g/mol. The summed E-state index contributed by atoms with van der Waals surface area (Å²) in [5, 5.41) is 1.42. The van der Waals surface area contributed by atoms with E-state index in [1.807, 2.05) is 0 Å². The molecular formula is C10H15Al. The van der Waals surface area contributed by atoms with Crippen molar-refractivity contribution in [2.75, 3.05) is 0 Å². The molecule has 11 heavy (non-hydrogen) atoms. The molecule has 0 aliphatic carbocycles. The fraction of sp³-hybridized carbons (Fsp3) is 0.400. The largest absolute Gasteiger partial charge is 1.00 e. The Labute approximate surface area is 76.8 Å². The Morgan fingerprint density at radius 1 is 1.27 bits per heavy atom. The van der Waals surface area contributed by atoms with Crippen LogP contribution in [0.2, 0.25) is 5.28 Å². The summed E-state index contributed by atoms with van der Waals surface area (Å²) in [6, 6.07) is 10.8. The van der Waals surface area contributed by atoms with Crippen molar-refractivity contribution >= 4 is 19.6 Å². The first kappa shape index (κ1) is 8.85. The number of hydrogen-bond donors (Lipinski definition) is 0. The van der Waals surface area contributed by atoms with E-state index in [1.165, 1.54) is 18.1 Å². The second-order valence-corrected chi connectivity index (χ2v) is 4.41. The van der Waals surface area contributed by atoms with Crippen molar-refractivity contribution < 1.29 is 1.43 Å². The van der Waals surface area contributed by atoms with Gasteiger partial charge in [0.25, 0.3) is 0 Å². The van der Waals surface area contributed by atoms with Crippen molar-refractivity contribution in [2.45, 2.75) is 25.0 Å². The van der Waals surface area contributed by atoms with Gasteiger partial charge >= 0.3 is 75.0 Å². The molecule has 0 saturated heterocycles. The summed E-state index contributed by atoms with van der Waals surface area (Å²) < 4.78 is 1.56. The maximum absolute atomic E-state index is 2.25. The van der Waals surface area contributed by atoms with Gasteiger partial charge in [0.2, 0.25) is 0 Å². The van der Waals surface area contributed by atoms with Gasteiger partial charge < -0.3 is 1.43 Å². The quantitative estimate of drug-likeness (QED) is 0.471. The van der Waals surface area contributed by atoms with Gasteiger partial charge in [-0.1, -0.05) is 0 Å². The van der Waals surface area contributed by atoms with Gasteiger partial charge in [-0.15, -0.1) is 0 Å². The Balaban J connectivity index is 0.00000121. The van der Waals surface area contributed by atoms with E-state index in [0.717, 1.165) is 0 Å². The number of hydrogen-bond acceptors (Lipinski definition) is 0. The molecule has 1 heteroatoms. The van der Waals surface area contributed by atoms with E-state index in [0.29, 0.717) is 15.2 Å². The summed E-state index contributed by atoms with van der Waals surface area (Å²) in [6.45, 7) is 2.25. The Hall–Kier alpha value is -0.248. The summed E-state index contributed by atoms with van der Waals surface area (Å²) in [7, 11) is 0. The summed E-state index contributed by atoms with van der Waals surface area (Å²) in [5.74, 6) is 0. The fourth-order valence-corrected chi connectivity index (χ4v) is 2.50. The molecule has 0 bridgehead atoms. The van der Waals surface area contributed by atoms with Crippen LogP contribution in [0.3, 0.4) is 0 Å². The van der Waals surface area contributed by atoms with Crippen LogP contribution in [0.1, 0.15) is 21.2 Å². The second-order valence-electron chi connectivity index (χ2n) is 2.76. The van der Waals surface area contributed by atoms with Gasteiger partial charge in [0.05, 0.1) is 0 Å². The third-order valence-electron chi connectivity index (χ3n) is 1.74. The van der Waals surface area contributed by atoms with Gasteiger partial charge in [-0.05, 0) is 0 Å². The molecule has 0 heterocycles. The Morgan fingerprint density at radius 3 is 2.64 bits per heavy atom. The van der Waals surface area contributed by atoms with E-state index >= 15 is 0 Å². The molecule has 0 spiro atoms. The molecule has 0 fully saturated rings. The van der Waals surface area contributed by atoms with Crippen molar-refractivity contribution in [2.24, 2.45) is 0 Å². The molecule has 1 rings (SSSR count). The van der Waals surface area contributed by atoms with Crippen molar-refractivity contribution in [3.63, 3.8) is 0 Å². The van der Waals surface area contributed by atoms with Gasteiger partial charge in [0.15, 0.2) is 0 Å². The average Bonchev–Trinajstić information content (AvgIpc) is 2.07. The Morgan fingerprint density at radius 2 is 2.00 bits per heavy atom. The van der Waals surface area contributed by atoms with Gasteiger partial charge in [-0.3, -0.25) is 0 Å². The second kappa shape index (κ2) is 5.41. The standard InChI is InChI=1S/C6H5.C4H9.Al.H/c1-2-4-6-5-3-1;1-3-4-2;;/h1-5H;1,3-4H2,2H3;;/q;;+1;-1. The molecule has 0 saturated carbocycles. The van der Waals surface area contributed by atoms with Crippen LogP contribution in [0.15, 0.2) is 30.3 Å². The first-order chi connectivity index (χ1) is 5.43. The first-order valence-corrected chi connectivity index (χ1v) is 5.71. The van der Waals surface area contributed by atoms with Crippen molar-refractivity contribution in [1.82, 2.24) is 0 Å². The topological polar surface area (TPSA) is 0 Å². The summed E-state index contributed by atoms with van der Waals surface area (Å²) in [4.78, 5) is 0. The molecule has 1 aromatic carbocycles. The van der Waals surface area contributed by atoms with Crippen LogP contribution in [0.25, 0.3) is 0 Å². The van der Waals surface area contributed by atoms with Gasteiger partial charge in [-0.2, -0.15) is 0 Å². The smallest absolute Gasteiger partial charge is 1.00 e. The molecule has 0 unspecified atom stereocenters. The molecule has 0 nitrogen and oxygen atoms in total. The summed E-state index contributed by atoms with van der Waals surface area (Å²) in [6.07, 6.45) is 2.73. The molecule has 0 aromatic heterocycles. The zero-order valence-corrected chi connectivity index (χ0v) is 8.24. The third kappa shape index (κ3) is 3.60. The molecule has 0 amide bonds. The van der Waals surface area contributed by atoms with E-state index in [1.54, 1.807) is 4.43 Å². The molecule has 0 aliphatic rings. The van der Waals surface area contributed by atoms with Crippen LogP contribution in [0.4, 0.5) is 0 Å². The zero-order valence-electron chi connectivity index (χ0n) is 8.09. The van der Waals surface area contributed by atoms with Crippen molar-refractivity contribution in [3.8, 4) is 0 Å². The van der Waals surface area contributed by atoms with Gasteiger partial charge in [0.1, 0.15) is 0 Å². The predicted octanol–water partition coefficient (Wildman–Crippen LogP) is 2.35. The van der Waals surface area contributed by atoms with Crippen molar-refractivity contribution in [1.29, 1.82) is 0 Å². The third-order valence-corrected chi connectivity index (χ3v) is 3.29. The molecule has 1 aromatic rings. The van der Waals surface area contributed by atoms with Gasteiger partial charge in [-0.25, -0.2) is 0 Å². The van der Waals surface area contributed by atoms with E-state index in [4.69, 9.17) is 0 Å². The minimum atomic E-state index is 0. The normalized spacial score (nSPS) is 9.18. The number of rotatable bonds is 4. The molecule has 0 N–H and O–H groups in total. The van der Waals surface area contributed by atoms with Crippen LogP contribution in [-0.2, 0) is 0 Å². The minimum Gasteiger partial charge on any atom is -1.00 e. The summed E-state index contributed by atoms with van der Waals surface area (Å²) >= 11 is 0.544. The molecule has 0 atom stereocenters. The maximum atomic E-state index is 2.25. The number of benzene rings is 1. The fourth-order valence-electron chi connectivity index (χ4n) is 1.06. The Kier molecular flexibility index (Phi) is 4.35. The van der Waals surface area contributed by atoms with Crippen LogP contribution in [0.5, 0.6) is 0 Å². The van der Waals surface area contributed by atoms with Crippen LogP contribution in [0, 0.1) is 0 Å². The van der Waals surface area contributed by atoms with Crippen LogP contribution >= 0.6 is 0 Å². The first-order valence-electron chi connectivity index (χ1n) is 4.31. The zero-order chi connectivity index (χ0) is 7.94. The maximum Gasteiger partial charge on any atom is -1.00 e. The van der Waals surface area contributed by atoms with E-state index in [9.17, 15) is 0 Å². The SMILES string of the molecule is CCC[CH2][Al+][c]1ccccc1.[H-]. The van der Waals surface area contributed by atoms with Crippen LogP contribution in [-0.4, -0.2) is 15.2 Å². The Bertz CT molecular complexity index is 186. The molecular weight excluding hydrogens is 147 g/mol. The van der Waals surface area contributed by atoms with Crippen molar-refractivity contribution in [3.05, 3.63) is 30.3 Å².